The Balaban J connectivity index is 1.67. The highest BCUT2D eigenvalue weighted by molar-refractivity contribution is 5.80. The van der Waals surface area contributed by atoms with Gasteiger partial charge in [-0.25, -0.2) is 0 Å². The fraction of sp³-hybridized carbons (Fsp3) is 0.650. The summed E-state index contributed by atoms with van der Waals surface area (Å²) in [7, 11) is 5.78. The van der Waals surface area contributed by atoms with Crippen molar-refractivity contribution >= 4 is 5.96 Å². The SMILES string of the molecule is CN=C(NCCCN(C)CCOC)N1CCC(Cc2ccccc2)C1. The van der Waals surface area contributed by atoms with Crippen molar-refractivity contribution in [2.75, 3.05) is 60.5 Å². The Morgan fingerprint density at radius 3 is 2.84 bits per heavy atom. The van der Waals surface area contributed by atoms with Gasteiger partial charge in [0.2, 0.25) is 0 Å². The van der Waals surface area contributed by atoms with Gasteiger partial charge in [0, 0.05) is 40.3 Å². The second-order valence-electron chi connectivity index (χ2n) is 6.91. The van der Waals surface area contributed by atoms with Crippen LogP contribution in [0.3, 0.4) is 0 Å². The third kappa shape index (κ3) is 7.04. The van der Waals surface area contributed by atoms with Crippen molar-refractivity contribution in [3.8, 4) is 0 Å². The number of hydrogen-bond acceptors (Lipinski definition) is 3. The first-order valence-electron chi connectivity index (χ1n) is 9.40. The van der Waals surface area contributed by atoms with Crippen LogP contribution in [0.15, 0.2) is 35.3 Å². The Bertz CT molecular complexity index is 506. The standard InChI is InChI=1S/C20H34N4O/c1-21-20(22-11-7-12-23(2)14-15-25-3)24-13-10-19(17-24)16-18-8-5-4-6-9-18/h4-6,8-9,19H,7,10-17H2,1-3H3,(H,21,22). The molecule has 0 radical (unpaired) electrons. The molecule has 0 bridgehead atoms. The molecule has 5 nitrogen and oxygen atoms in total. The van der Waals surface area contributed by atoms with Crippen LogP contribution in [0.4, 0.5) is 0 Å². The highest BCUT2D eigenvalue weighted by Gasteiger charge is 2.24. The van der Waals surface area contributed by atoms with Crippen molar-refractivity contribution in [3.05, 3.63) is 35.9 Å². The zero-order valence-electron chi connectivity index (χ0n) is 16.1. The van der Waals surface area contributed by atoms with Gasteiger partial charge in [-0.05, 0) is 44.3 Å². The van der Waals surface area contributed by atoms with Crippen molar-refractivity contribution < 1.29 is 4.74 Å². The molecule has 1 aromatic carbocycles. The number of methoxy groups -OCH3 is 1. The Hall–Kier alpha value is -1.59. The fourth-order valence-corrected chi connectivity index (χ4v) is 3.38. The van der Waals surface area contributed by atoms with Gasteiger partial charge in [0.1, 0.15) is 0 Å². The van der Waals surface area contributed by atoms with E-state index in [1.165, 1.54) is 18.4 Å². The molecule has 1 fully saturated rings. The predicted octanol–water partition coefficient (Wildman–Crippen LogP) is 2.09. The number of nitrogens with zero attached hydrogens (tertiary/aromatic N) is 3. The average Bonchev–Trinajstić information content (AvgIpc) is 3.09. The third-order valence-corrected chi connectivity index (χ3v) is 4.84. The molecule has 1 aliphatic rings. The second-order valence-corrected chi connectivity index (χ2v) is 6.91. The van der Waals surface area contributed by atoms with Gasteiger partial charge in [-0.1, -0.05) is 30.3 Å². The summed E-state index contributed by atoms with van der Waals surface area (Å²) in [4.78, 5) is 9.19. The molecule has 5 heteroatoms. The van der Waals surface area contributed by atoms with Crippen LogP contribution in [0.2, 0.25) is 0 Å². The molecule has 1 N–H and O–H groups in total. The fourth-order valence-electron chi connectivity index (χ4n) is 3.38. The van der Waals surface area contributed by atoms with Crippen molar-refractivity contribution in [2.24, 2.45) is 10.9 Å². The molecule has 1 unspecified atom stereocenters. The van der Waals surface area contributed by atoms with Crippen molar-refractivity contribution in [2.45, 2.75) is 19.3 Å². The topological polar surface area (TPSA) is 40.1 Å². The lowest BCUT2D eigenvalue weighted by atomic mass is 9.99. The Morgan fingerprint density at radius 2 is 2.12 bits per heavy atom. The van der Waals surface area contributed by atoms with E-state index in [-0.39, 0.29) is 0 Å². The summed E-state index contributed by atoms with van der Waals surface area (Å²) in [6, 6.07) is 10.8. The lowest BCUT2D eigenvalue weighted by molar-refractivity contribution is 0.161. The zero-order chi connectivity index (χ0) is 17.9. The highest BCUT2D eigenvalue weighted by atomic mass is 16.5. The molecule has 0 aliphatic carbocycles. The van der Waals surface area contributed by atoms with Gasteiger partial charge in [-0.2, -0.15) is 0 Å². The molecule has 1 saturated heterocycles. The van der Waals surface area contributed by atoms with E-state index >= 15 is 0 Å². The second kappa shape index (κ2) is 11.1. The van der Waals surface area contributed by atoms with E-state index in [2.05, 4.69) is 57.5 Å². The summed E-state index contributed by atoms with van der Waals surface area (Å²) in [5.74, 6) is 1.77. The molecule has 1 aromatic rings. The minimum Gasteiger partial charge on any atom is -0.383 e. The average molecular weight is 347 g/mol. The van der Waals surface area contributed by atoms with E-state index in [0.29, 0.717) is 0 Å². The largest absolute Gasteiger partial charge is 0.383 e. The normalized spacial score (nSPS) is 18.2. The van der Waals surface area contributed by atoms with Crippen LogP contribution in [0.5, 0.6) is 0 Å². The molecule has 0 aromatic heterocycles. The maximum Gasteiger partial charge on any atom is 0.193 e. The van der Waals surface area contributed by atoms with Crippen LogP contribution in [0.1, 0.15) is 18.4 Å². The van der Waals surface area contributed by atoms with Crippen LogP contribution in [-0.2, 0) is 11.2 Å². The van der Waals surface area contributed by atoms with Crippen molar-refractivity contribution in [1.82, 2.24) is 15.1 Å². The van der Waals surface area contributed by atoms with E-state index in [9.17, 15) is 0 Å². The van der Waals surface area contributed by atoms with E-state index in [1.807, 2.05) is 7.05 Å². The number of aliphatic imine (C=N–C) groups is 1. The van der Waals surface area contributed by atoms with E-state index in [0.717, 1.165) is 57.6 Å². The molecule has 1 aliphatic heterocycles. The summed E-state index contributed by atoms with van der Waals surface area (Å²) in [6.45, 7) is 6.02. The number of rotatable bonds is 9. The molecule has 0 amide bonds. The number of nitrogens with one attached hydrogen (secondary N) is 1. The number of ether oxygens (including phenoxy) is 1. The Morgan fingerprint density at radius 1 is 1.32 bits per heavy atom. The molecule has 140 valence electrons. The van der Waals surface area contributed by atoms with Crippen LogP contribution in [0.25, 0.3) is 0 Å². The monoisotopic (exact) mass is 346 g/mol. The molecule has 0 saturated carbocycles. The number of benzene rings is 1. The lowest BCUT2D eigenvalue weighted by Gasteiger charge is -2.22. The molecule has 2 rings (SSSR count). The van der Waals surface area contributed by atoms with Gasteiger partial charge in [0.05, 0.1) is 6.61 Å². The van der Waals surface area contributed by atoms with E-state index in [4.69, 9.17) is 4.74 Å². The summed E-state index contributed by atoms with van der Waals surface area (Å²) in [5.41, 5.74) is 1.44. The van der Waals surface area contributed by atoms with Gasteiger partial charge in [-0.3, -0.25) is 4.99 Å². The van der Waals surface area contributed by atoms with Crippen molar-refractivity contribution in [3.63, 3.8) is 0 Å². The summed E-state index contributed by atoms with van der Waals surface area (Å²) >= 11 is 0. The molecule has 1 heterocycles. The van der Waals surface area contributed by atoms with E-state index in [1.54, 1.807) is 7.11 Å². The molecule has 0 spiro atoms. The minimum atomic E-state index is 0.723. The minimum absolute atomic E-state index is 0.723. The Kier molecular flexibility index (Phi) is 8.77. The first-order valence-corrected chi connectivity index (χ1v) is 9.40. The van der Waals surface area contributed by atoms with Gasteiger partial charge in [-0.15, -0.1) is 0 Å². The molecular weight excluding hydrogens is 312 g/mol. The summed E-state index contributed by atoms with van der Waals surface area (Å²) < 4.78 is 5.11. The summed E-state index contributed by atoms with van der Waals surface area (Å²) in [5, 5.41) is 3.53. The Labute approximate surface area is 153 Å². The van der Waals surface area contributed by atoms with Gasteiger partial charge in [0.15, 0.2) is 5.96 Å². The zero-order valence-corrected chi connectivity index (χ0v) is 16.1. The van der Waals surface area contributed by atoms with Gasteiger partial charge < -0.3 is 19.9 Å². The third-order valence-electron chi connectivity index (χ3n) is 4.84. The molecular formula is C20H34N4O. The van der Waals surface area contributed by atoms with Gasteiger partial charge in [0.25, 0.3) is 0 Å². The van der Waals surface area contributed by atoms with Gasteiger partial charge >= 0.3 is 0 Å². The van der Waals surface area contributed by atoms with Crippen LogP contribution >= 0.6 is 0 Å². The number of hydrogen-bond donors (Lipinski definition) is 1. The maximum atomic E-state index is 5.11. The van der Waals surface area contributed by atoms with E-state index < -0.39 is 0 Å². The lowest BCUT2D eigenvalue weighted by Crippen LogP contribution is -2.41. The van der Waals surface area contributed by atoms with Crippen LogP contribution < -0.4 is 5.32 Å². The first kappa shape index (κ1) is 19.7. The number of guanidine groups is 1. The smallest absolute Gasteiger partial charge is 0.193 e. The number of likely N-dealkylation sites (N-methyl/N-ethyl adjacent to an activating group) is 1. The predicted molar refractivity (Wildman–Crippen MR) is 105 cm³/mol. The highest BCUT2D eigenvalue weighted by Crippen LogP contribution is 2.20. The number of likely N-dealkylation sites (tertiary alicyclic amines) is 1. The quantitative estimate of drug-likeness (QED) is 0.422. The van der Waals surface area contributed by atoms with Crippen LogP contribution in [-0.4, -0.2) is 76.3 Å². The van der Waals surface area contributed by atoms with Crippen LogP contribution in [0, 0.1) is 5.92 Å². The molecule has 1 atom stereocenters. The first-order chi connectivity index (χ1) is 12.2. The summed E-state index contributed by atoms with van der Waals surface area (Å²) in [6.07, 6.45) is 3.52. The van der Waals surface area contributed by atoms with Crippen molar-refractivity contribution in [1.29, 1.82) is 0 Å². The maximum absolute atomic E-state index is 5.11. The molecule has 25 heavy (non-hydrogen) atoms.